The lowest BCUT2D eigenvalue weighted by molar-refractivity contribution is -0.147. The number of para-hydroxylation sites is 1. The van der Waals surface area contributed by atoms with Crippen LogP contribution in [0, 0.1) is 0 Å². The van der Waals surface area contributed by atoms with E-state index in [0.29, 0.717) is 37.6 Å². The highest BCUT2D eigenvalue weighted by Crippen LogP contribution is 2.23. The quantitative estimate of drug-likeness (QED) is 0.207. The van der Waals surface area contributed by atoms with Gasteiger partial charge in [-0.3, -0.25) is 14.4 Å². The van der Waals surface area contributed by atoms with Crippen molar-refractivity contribution in [1.82, 2.24) is 10.2 Å². The summed E-state index contributed by atoms with van der Waals surface area (Å²) < 4.78 is 11.3. The molecule has 1 unspecified atom stereocenters. The number of nitrogens with zero attached hydrogens (tertiary/aromatic N) is 1. The second-order valence-electron chi connectivity index (χ2n) is 9.61. The summed E-state index contributed by atoms with van der Waals surface area (Å²) in [5, 5.41) is 2.78. The molecule has 0 radical (unpaired) electrons. The topological polar surface area (TPSA) is 84.9 Å². The number of benzene rings is 1. The molecule has 1 atom stereocenters. The first-order valence-electron chi connectivity index (χ1n) is 14.0. The van der Waals surface area contributed by atoms with Gasteiger partial charge in [0, 0.05) is 13.1 Å². The van der Waals surface area contributed by atoms with E-state index in [-0.39, 0.29) is 18.2 Å². The fourth-order valence-electron chi connectivity index (χ4n) is 4.43. The Hall–Kier alpha value is -2.57. The first kappa shape index (κ1) is 29.7. The Kier molecular flexibility index (Phi) is 14.7. The van der Waals surface area contributed by atoms with E-state index in [2.05, 4.69) is 19.2 Å². The van der Waals surface area contributed by atoms with Crippen LogP contribution in [0.3, 0.4) is 0 Å². The van der Waals surface area contributed by atoms with Gasteiger partial charge in [0.25, 0.3) is 5.91 Å². The average Bonchev–Trinajstić information content (AvgIpc) is 2.88. The fourth-order valence-corrected chi connectivity index (χ4v) is 4.43. The second-order valence-corrected chi connectivity index (χ2v) is 9.61. The summed E-state index contributed by atoms with van der Waals surface area (Å²) >= 11 is 0. The summed E-state index contributed by atoms with van der Waals surface area (Å²) in [6.07, 6.45) is 13.5. The molecular formula is C29H46N2O5. The first-order valence-corrected chi connectivity index (χ1v) is 14.0. The number of nitrogens with one attached hydrogen (secondary N) is 1. The molecule has 202 valence electrons. The van der Waals surface area contributed by atoms with E-state index in [0.717, 1.165) is 44.9 Å². The lowest BCUT2D eigenvalue weighted by Gasteiger charge is -2.34. The van der Waals surface area contributed by atoms with Crippen LogP contribution in [0.15, 0.2) is 24.3 Å². The first-order chi connectivity index (χ1) is 17.6. The maximum Gasteiger partial charge on any atom is 0.308 e. The van der Waals surface area contributed by atoms with Crippen LogP contribution >= 0.6 is 0 Å². The van der Waals surface area contributed by atoms with Crippen molar-refractivity contribution in [3.8, 4) is 5.75 Å². The van der Waals surface area contributed by atoms with Gasteiger partial charge in [-0.25, -0.2) is 0 Å². The molecule has 0 bridgehead atoms. The largest absolute Gasteiger partial charge is 0.493 e. The van der Waals surface area contributed by atoms with Gasteiger partial charge in [0.15, 0.2) is 0 Å². The van der Waals surface area contributed by atoms with Gasteiger partial charge in [0.1, 0.15) is 11.8 Å². The van der Waals surface area contributed by atoms with Crippen LogP contribution in [-0.2, 0) is 14.3 Å². The number of ether oxygens (including phenoxy) is 2. The zero-order valence-electron chi connectivity index (χ0n) is 22.4. The maximum atomic E-state index is 13.4. The SMILES string of the molecule is CCCCCCCCCCOC(=O)CC1C(=O)NCCN1C(=O)c1ccccc1OCCCCCC. The highest BCUT2D eigenvalue weighted by Gasteiger charge is 2.36. The molecule has 0 aliphatic carbocycles. The number of hydrogen-bond donors (Lipinski definition) is 1. The minimum absolute atomic E-state index is 0.144. The van der Waals surface area contributed by atoms with Gasteiger partial charge in [-0.1, -0.05) is 90.2 Å². The predicted octanol–water partition coefficient (Wildman–Crippen LogP) is 5.66. The van der Waals surface area contributed by atoms with Gasteiger partial charge in [0.2, 0.25) is 5.91 Å². The molecule has 1 aromatic carbocycles. The third-order valence-corrected chi connectivity index (χ3v) is 6.59. The Morgan fingerprint density at radius 3 is 2.22 bits per heavy atom. The van der Waals surface area contributed by atoms with Crippen molar-refractivity contribution in [3.05, 3.63) is 29.8 Å². The van der Waals surface area contributed by atoms with Crippen molar-refractivity contribution in [2.45, 2.75) is 103 Å². The van der Waals surface area contributed by atoms with E-state index in [1.807, 2.05) is 6.07 Å². The Balaban J connectivity index is 1.85. The van der Waals surface area contributed by atoms with Crippen molar-refractivity contribution in [1.29, 1.82) is 0 Å². The molecule has 1 saturated heterocycles. The molecule has 1 fully saturated rings. The molecular weight excluding hydrogens is 456 g/mol. The highest BCUT2D eigenvalue weighted by atomic mass is 16.5. The standard InChI is InChI=1S/C29H46N2O5/c1-3-5-7-9-10-11-12-16-22-36-27(32)23-25-28(33)30-19-20-31(25)29(34)24-17-13-14-18-26(24)35-21-15-8-6-4-2/h13-14,17-18,25H,3-12,15-16,19-23H2,1-2H3,(H,30,33). The third kappa shape index (κ3) is 10.6. The van der Waals surface area contributed by atoms with Crippen molar-refractivity contribution in [2.75, 3.05) is 26.3 Å². The summed E-state index contributed by atoms with van der Waals surface area (Å²) in [7, 11) is 0. The Bertz CT molecular complexity index is 798. The number of piperazine rings is 1. The molecule has 1 aromatic rings. The number of carbonyl (C=O) groups is 3. The number of esters is 1. The molecule has 7 nitrogen and oxygen atoms in total. The maximum absolute atomic E-state index is 13.4. The van der Waals surface area contributed by atoms with Gasteiger partial charge in [-0.05, 0) is 25.0 Å². The molecule has 0 aromatic heterocycles. The van der Waals surface area contributed by atoms with Crippen molar-refractivity contribution >= 4 is 17.8 Å². The van der Waals surface area contributed by atoms with E-state index in [1.165, 1.54) is 37.0 Å². The van der Waals surface area contributed by atoms with Crippen LogP contribution in [0.4, 0.5) is 0 Å². The summed E-state index contributed by atoms with van der Waals surface area (Å²) in [5.74, 6) is -0.550. The summed E-state index contributed by atoms with van der Waals surface area (Å²) in [5.41, 5.74) is 0.417. The van der Waals surface area contributed by atoms with Crippen LogP contribution in [-0.4, -0.2) is 55.0 Å². The number of hydrogen-bond acceptors (Lipinski definition) is 5. The normalized spacial score (nSPS) is 15.4. The molecule has 36 heavy (non-hydrogen) atoms. The Morgan fingerprint density at radius 2 is 1.50 bits per heavy atom. The molecule has 2 amide bonds. The lowest BCUT2D eigenvalue weighted by Crippen LogP contribution is -2.57. The third-order valence-electron chi connectivity index (χ3n) is 6.59. The minimum atomic E-state index is -0.880. The number of amides is 2. The van der Waals surface area contributed by atoms with E-state index in [4.69, 9.17) is 9.47 Å². The molecule has 0 saturated carbocycles. The molecule has 1 aliphatic rings. The molecule has 2 rings (SSSR count). The second kappa shape index (κ2) is 17.8. The van der Waals surface area contributed by atoms with Crippen molar-refractivity contribution < 1.29 is 23.9 Å². The van der Waals surface area contributed by atoms with Crippen LogP contribution in [0.5, 0.6) is 5.75 Å². The summed E-state index contributed by atoms with van der Waals surface area (Å²) in [4.78, 5) is 40.0. The van der Waals surface area contributed by atoms with Gasteiger partial charge in [-0.15, -0.1) is 0 Å². The van der Waals surface area contributed by atoms with Crippen molar-refractivity contribution in [2.24, 2.45) is 0 Å². The van der Waals surface area contributed by atoms with Crippen molar-refractivity contribution in [3.63, 3.8) is 0 Å². The zero-order valence-corrected chi connectivity index (χ0v) is 22.4. The number of unbranched alkanes of at least 4 members (excludes halogenated alkanes) is 10. The van der Waals surface area contributed by atoms with E-state index < -0.39 is 12.0 Å². The highest BCUT2D eigenvalue weighted by molar-refractivity contribution is 6.01. The van der Waals surface area contributed by atoms with E-state index in [9.17, 15) is 14.4 Å². The molecule has 1 heterocycles. The molecule has 7 heteroatoms. The van der Waals surface area contributed by atoms with Gasteiger partial charge in [-0.2, -0.15) is 0 Å². The molecule has 1 N–H and O–H groups in total. The average molecular weight is 503 g/mol. The van der Waals surface area contributed by atoms with Crippen LogP contribution in [0.1, 0.15) is 108 Å². The van der Waals surface area contributed by atoms with Gasteiger partial charge >= 0.3 is 5.97 Å². The number of rotatable bonds is 18. The van der Waals surface area contributed by atoms with Crippen LogP contribution < -0.4 is 10.1 Å². The lowest BCUT2D eigenvalue weighted by atomic mass is 10.1. The predicted molar refractivity (Wildman–Crippen MR) is 142 cm³/mol. The van der Waals surface area contributed by atoms with Crippen LogP contribution in [0.2, 0.25) is 0 Å². The van der Waals surface area contributed by atoms with Crippen LogP contribution in [0.25, 0.3) is 0 Å². The van der Waals surface area contributed by atoms with E-state index >= 15 is 0 Å². The van der Waals surface area contributed by atoms with Gasteiger partial charge in [0.05, 0.1) is 25.2 Å². The minimum Gasteiger partial charge on any atom is -0.493 e. The smallest absolute Gasteiger partial charge is 0.308 e. The number of carbonyl (C=O) groups excluding carboxylic acids is 3. The van der Waals surface area contributed by atoms with E-state index in [1.54, 1.807) is 18.2 Å². The molecule has 1 aliphatic heterocycles. The summed E-state index contributed by atoms with van der Waals surface area (Å²) in [6, 6.07) is 6.24. The monoisotopic (exact) mass is 502 g/mol. The Morgan fingerprint density at radius 1 is 0.889 bits per heavy atom. The summed E-state index contributed by atoms with van der Waals surface area (Å²) in [6.45, 7) is 5.96. The Labute approximate surface area is 217 Å². The molecule has 0 spiro atoms. The zero-order chi connectivity index (χ0) is 26.0. The van der Waals surface area contributed by atoms with Gasteiger partial charge < -0.3 is 19.7 Å². The fraction of sp³-hybridized carbons (Fsp3) is 0.690.